The molecule has 0 aromatic carbocycles. The third-order valence-corrected chi connectivity index (χ3v) is 3.09. The van der Waals surface area contributed by atoms with Gasteiger partial charge >= 0.3 is 0 Å². The molecule has 0 amide bonds. The Labute approximate surface area is 113 Å². The van der Waals surface area contributed by atoms with Crippen LogP contribution in [0.1, 0.15) is 5.76 Å². The Hall–Kier alpha value is -1.45. The minimum absolute atomic E-state index is 0.170. The predicted molar refractivity (Wildman–Crippen MR) is 64.1 cm³/mol. The summed E-state index contributed by atoms with van der Waals surface area (Å²) in [5, 5.41) is 38.1. The molecule has 0 saturated carbocycles. The smallest absolute Gasteiger partial charge is 0.229 e. The quantitative estimate of drug-likeness (QED) is 0.509. The zero-order chi connectivity index (χ0) is 14.9. The lowest BCUT2D eigenvalue weighted by Gasteiger charge is -2.39. The second-order valence-electron chi connectivity index (χ2n) is 4.49. The lowest BCUT2D eigenvalue weighted by Crippen LogP contribution is -2.60. The van der Waals surface area contributed by atoms with E-state index in [0.717, 1.165) is 6.07 Å². The third-order valence-electron chi connectivity index (χ3n) is 3.09. The molecular weight excluding hydrogens is 272 g/mol. The van der Waals surface area contributed by atoms with Gasteiger partial charge in [0.2, 0.25) is 17.5 Å². The van der Waals surface area contributed by atoms with Crippen LogP contribution in [0.25, 0.3) is 0 Å². The highest BCUT2D eigenvalue weighted by Crippen LogP contribution is 2.24. The maximum Gasteiger partial charge on any atom is 0.229 e. The van der Waals surface area contributed by atoms with Gasteiger partial charge in [0.1, 0.15) is 30.2 Å². The Morgan fingerprint density at radius 2 is 1.95 bits per heavy atom. The highest BCUT2D eigenvalue weighted by molar-refractivity contribution is 5.23. The molecule has 0 aliphatic carbocycles. The molecule has 4 N–H and O–H groups in total. The molecule has 0 radical (unpaired) electrons. The predicted octanol–water partition coefficient (Wildman–Crippen LogP) is -1.87. The molecule has 5 atom stereocenters. The minimum Gasteiger partial charge on any atom is -0.465 e. The first-order valence-electron chi connectivity index (χ1n) is 6.01. The number of ether oxygens (including phenoxy) is 2. The molecule has 8 nitrogen and oxygen atoms in total. The fourth-order valence-electron chi connectivity index (χ4n) is 1.92. The molecule has 2 rings (SSSR count). The fourth-order valence-corrected chi connectivity index (χ4v) is 1.92. The maximum atomic E-state index is 11.6. The van der Waals surface area contributed by atoms with E-state index in [0.29, 0.717) is 0 Å². The van der Waals surface area contributed by atoms with Gasteiger partial charge < -0.3 is 34.3 Å². The van der Waals surface area contributed by atoms with E-state index in [-0.39, 0.29) is 11.5 Å². The van der Waals surface area contributed by atoms with Crippen LogP contribution < -0.4 is 10.2 Å². The van der Waals surface area contributed by atoms with Gasteiger partial charge in [0.15, 0.2) is 0 Å². The Kier molecular flexibility index (Phi) is 4.41. The van der Waals surface area contributed by atoms with E-state index in [1.807, 2.05) is 0 Å². The van der Waals surface area contributed by atoms with E-state index in [9.17, 15) is 20.1 Å². The molecule has 1 aromatic rings. The van der Waals surface area contributed by atoms with Crippen molar-refractivity contribution in [1.29, 1.82) is 0 Å². The highest BCUT2D eigenvalue weighted by atomic mass is 16.7. The van der Waals surface area contributed by atoms with Gasteiger partial charge in [-0.3, -0.25) is 4.79 Å². The molecule has 1 saturated heterocycles. The van der Waals surface area contributed by atoms with Gasteiger partial charge in [0.25, 0.3) is 0 Å². The van der Waals surface area contributed by atoms with Crippen LogP contribution in [0.15, 0.2) is 21.5 Å². The number of hydrogen-bond donors (Lipinski definition) is 4. The van der Waals surface area contributed by atoms with E-state index >= 15 is 0 Å². The van der Waals surface area contributed by atoms with E-state index in [4.69, 9.17) is 19.0 Å². The summed E-state index contributed by atoms with van der Waals surface area (Å²) in [5.74, 6) is 0.00582. The number of hydrogen-bond acceptors (Lipinski definition) is 8. The van der Waals surface area contributed by atoms with E-state index in [1.165, 1.54) is 13.2 Å². The summed E-state index contributed by atoms with van der Waals surface area (Å²) in [6.45, 7) is 0.911. The molecule has 1 aliphatic heterocycles. The van der Waals surface area contributed by atoms with E-state index in [2.05, 4.69) is 0 Å². The molecular formula is C12H16O8. The van der Waals surface area contributed by atoms with Crippen molar-refractivity contribution in [3.8, 4) is 5.75 Å². The number of aryl methyl sites for hydroxylation is 1. The van der Waals surface area contributed by atoms with Crippen molar-refractivity contribution in [1.82, 2.24) is 0 Å². The van der Waals surface area contributed by atoms with Crippen LogP contribution in [0.2, 0.25) is 0 Å². The molecule has 1 aliphatic rings. The SMILES string of the molecule is Cc1occc(=O)c1OC1OC(CO)C(O)C(O)C1O. The Morgan fingerprint density at radius 1 is 1.25 bits per heavy atom. The van der Waals surface area contributed by atoms with Crippen LogP contribution in [0.3, 0.4) is 0 Å². The van der Waals surface area contributed by atoms with Crippen LogP contribution >= 0.6 is 0 Å². The van der Waals surface area contributed by atoms with Crippen molar-refractivity contribution in [3.05, 3.63) is 28.3 Å². The summed E-state index contributed by atoms with van der Waals surface area (Å²) in [7, 11) is 0. The topological polar surface area (TPSA) is 130 Å². The summed E-state index contributed by atoms with van der Waals surface area (Å²) in [4.78, 5) is 11.6. The standard InChI is InChI=1S/C12H16O8/c1-5-11(6(14)2-3-18-5)20-12-10(17)9(16)8(15)7(4-13)19-12/h2-3,7-10,12-13,15-17H,4H2,1H3. The van der Waals surface area contributed by atoms with Crippen molar-refractivity contribution in [2.75, 3.05) is 6.61 Å². The fraction of sp³-hybridized carbons (Fsp3) is 0.583. The van der Waals surface area contributed by atoms with Crippen LogP contribution in [0.5, 0.6) is 5.75 Å². The number of rotatable bonds is 3. The minimum atomic E-state index is -1.58. The Morgan fingerprint density at radius 3 is 2.55 bits per heavy atom. The molecule has 2 heterocycles. The first kappa shape index (κ1) is 14.9. The second-order valence-corrected chi connectivity index (χ2v) is 4.49. The summed E-state index contributed by atoms with van der Waals surface area (Å²) in [5.41, 5.74) is -0.481. The van der Waals surface area contributed by atoms with Crippen molar-refractivity contribution in [3.63, 3.8) is 0 Å². The molecule has 0 spiro atoms. The first-order valence-corrected chi connectivity index (χ1v) is 6.01. The summed E-state index contributed by atoms with van der Waals surface area (Å²) in [6.07, 6.45) is -5.95. The van der Waals surface area contributed by atoms with E-state index in [1.54, 1.807) is 0 Å². The summed E-state index contributed by atoms with van der Waals surface area (Å²) < 4.78 is 15.3. The van der Waals surface area contributed by atoms with Crippen molar-refractivity contribution < 1.29 is 34.3 Å². The van der Waals surface area contributed by atoms with Gasteiger partial charge in [-0.1, -0.05) is 0 Å². The molecule has 5 unspecified atom stereocenters. The Balaban J connectivity index is 2.22. The maximum absolute atomic E-state index is 11.6. The van der Waals surface area contributed by atoms with Crippen molar-refractivity contribution in [2.24, 2.45) is 0 Å². The first-order chi connectivity index (χ1) is 9.45. The molecule has 0 bridgehead atoms. The van der Waals surface area contributed by atoms with Crippen molar-refractivity contribution >= 4 is 0 Å². The average molecular weight is 288 g/mol. The van der Waals surface area contributed by atoms with Gasteiger partial charge in [-0.15, -0.1) is 0 Å². The third kappa shape index (κ3) is 2.69. The van der Waals surface area contributed by atoms with Gasteiger partial charge in [-0.05, 0) is 6.92 Å². The van der Waals surface area contributed by atoms with Gasteiger partial charge in [-0.25, -0.2) is 0 Å². The van der Waals surface area contributed by atoms with Gasteiger partial charge in [0.05, 0.1) is 12.9 Å². The highest BCUT2D eigenvalue weighted by Gasteiger charge is 2.45. The van der Waals surface area contributed by atoms with E-state index < -0.39 is 42.7 Å². The number of aliphatic hydroxyl groups excluding tert-OH is 4. The zero-order valence-electron chi connectivity index (χ0n) is 10.7. The average Bonchev–Trinajstić information content (AvgIpc) is 2.43. The lowest BCUT2D eigenvalue weighted by atomic mass is 9.99. The molecule has 8 heteroatoms. The summed E-state index contributed by atoms with van der Waals surface area (Å²) >= 11 is 0. The number of aliphatic hydroxyl groups is 4. The van der Waals surface area contributed by atoms with Crippen molar-refractivity contribution in [2.45, 2.75) is 37.6 Å². The van der Waals surface area contributed by atoms with Crippen LogP contribution in [-0.2, 0) is 4.74 Å². The second kappa shape index (κ2) is 5.90. The van der Waals surface area contributed by atoms with Gasteiger partial charge in [0, 0.05) is 6.07 Å². The molecule has 1 fully saturated rings. The Bertz CT molecular complexity index is 510. The lowest BCUT2D eigenvalue weighted by molar-refractivity contribution is -0.277. The van der Waals surface area contributed by atoms with Crippen LogP contribution in [-0.4, -0.2) is 57.7 Å². The molecule has 112 valence electrons. The van der Waals surface area contributed by atoms with Crippen LogP contribution in [0, 0.1) is 6.92 Å². The zero-order valence-corrected chi connectivity index (χ0v) is 10.7. The van der Waals surface area contributed by atoms with Crippen LogP contribution in [0.4, 0.5) is 0 Å². The normalized spacial score (nSPS) is 34.0. The molecule has 1 aromatic heterocycles. The van der Waals surface area contributed by atoms with Gasteiger partial charge in [-0.2, -0.15) is 0 Å². The summed E-state index contributed by atoms with van der Waals surface area (Å²) in [6, 6.07) is 1.13. The monoisotopic (exact) mass is 288 g/mol. The molecule has 20 heavy (non-hydrogen) atoms. The largest absolute Gasteiger partial charge is 0.465 e.